The fraction of sp³-hybridized carbons (Fsp3) is 0.927. The summed E-state index contributed by atoms with van der Waals surface area (Å²) in [4.78, 5) is 26.2. The van der Waals surface area contributed by atoms with Gasteiger partial charge in [0.2, 0.25) is 5.91 Å². The van der Waals surface area contributed by atoms with Crippen LogP contribution in [0.4, 0.5) is 0 Å². The number of aliphatic hydroxyl groups is 2. The Morgan fingerprint density at radius 2 is 0.787 bits per heavy atom. The number of esters is 1. The third kappa shape index (κ3) is 45.0. The van der Waals surface area contributed by atoms with E-state index in [1.165, 1.54) is 199 Å². The Morgan fingerprint density at radius 1 is 0.459 bits per heavy atom. The van der Waals surface area contributed by atoms with Gasteiger partial charge in [0, 0.05) is 6.42 Å². The highest BCUT2D eigenvalue weighted by atomic mass is 16.5. The third-order valence-corrected chi connectivity index (χ3v) is 12.8. The van der Waals surface area contributed by atoms with E-state index in [-0.39, 0.29) is 24.9 Å². The Balaban J connectivity index is 4.49. The summed E-state index contributed by atoms with van der Waals surface area (Å²) in [6.07, 6.45) is 55.6. The fourth-order valence-electron chi connectivity index (χ4n) is 8.66. The molecule has 0 fully saturated rings. The molecule has 0 saturated heterocycles. The summed E-state index contributed by atoms with van der Waals surface area (Å²) in [7, 11) is 0. The lowest BCUT2D eigenvalue weighted by Gasteiger charge is -2.24. The molecule has 0 aromatic heterocycles. The number of carbonyl (C=O) groups excluding carboxylic acids is 2. The second-order valence-electron chi connectivity index (χ2n) is 19.0. The smallest absolute Gasteiger partial charge is 0.306 e. The van der Waals surface area contributed by atoms with Crippen LogP contribution >= 0.6 is 0 Å². The van der Waals surface area contributed by atoms with E-state index in [2.05, 4.69) is 38.2 Å². The Hall–Kier alpha value is -1.40. The Kier molecular flexibility index (Phi) is 48.5. The predicted molar refractivity (Wildman–Crippen MR) is 264 cm³/mol. The van der Waals surface area contributed by atoms with E-state index in [1.807, 2.05) is 0 Å². The van der Waals surface area contributed by atoms with Gasteiger partial charge >= 0.3 is 5.97 Å². The van der Waals surface area contributed by atoms with Crippen molar-refractivity contribution >= 4 is 11.9 Å². The fourth-order valence-corrected chi connectivity index (χ4v) is 8.66. The van der Waals surface area contributed by atoms with Gasteiger partial charge in [-0.3, -0.25) is 9.59 Å². The van der Waals surface area contributed by atoms with Gasteiger partial charge in [-0.15, -0.1) is 0 Å². The number of amides is 1. The second-order valence-corrected chi connectivity index (χ2v) is 19.0. The largest absolute Gasteiger partial charge is 0.462 e. The third-order valence-electron chi connectivity index (χ3n) is 12.8. The monoisotopic (exact) mass is 862 g/mol. The van der Waals surface area contributed by atoms with Crippen LogP contribution in [0.15, 0.2) is 12.2 Å². The van der Waals surface area contributed by atoms with Crippen molar-refractivity contribution in [3.05, 3.63) is 12.2 Å². The summed E-state index contributed by atoms with van der Waals surface area (Å²) in [6.45, 7) is 6.50. The Bertz CT molecular complexity index is 924. The lowest BCUT2D eigenvalue weighted by Crippen LogP contribution is -2.46. The van der Waals surface area contributed by atoms with Gasteiger partial charge in [0.1, 0.15) is 6.10 Å². The minimum atomic E-state index is -0.784. The lowest BCUT2D eigenvalue weighted by molar-refractivity contribution is -0.151. The molecule has 0 bridgehead atoms. The van der Waals surface area contributed by atoms with E-state index in [4.69, 9.17) is 4.74 Å². The van der Waals surface area contributed by atoms with E-state index in [0.717, 1.165) is 57.8 Å². The summed E-state index contributed by atoms with van der Waals surface area (Å²) >= 11 is 0. The van der Waals surface area contributed by atoms with Crippen LogP contribution in [0.2, 0.25) is 0 Å². The number of hydrogen-bond donors (Lipinski definition) is 3. The maximum Gasteiger partial charge on any atom is 0.306 e. The van der Waals surface area contributed by atoms with Crippen LogP contribution in [0.5, 0.6) is 0 Å². The molecule has 0 rings (SSSR count). The normalized spacial score (nSPS) is 13.2. The van der Waals surface area contributed by atoms with Gasteiger partial charge in [-0.1, -0.05) is 251 Å². The Labute approximate surface area is 380 Å². The average molecular weight is 862 g/mol. The quantitative estimate of drug-likeness (QED) is 0.0322. The summed E-state index contributed by atoms with van der Waals surface area (Å²) in [6, 6.07) is -0.698. The molecule has 6 heteroatoms. The van der Waals surface area contributed by atoms with Crippen molar-refractivity contribution in [1.29, 1.82) is 0 Å². The van der Waals surface area contributed by atoms with E-state index in [0.29, 0.717) is 19.3 Å². The predicted octanol–water partition coefficient (Wildman–Crippen LogP) is 16.5. The molecular formula is C55H107NO5. The van der Waals surface area contributed by atoms with E-state index in [9.17, 15) is 19.8 Å². The zero-order chi connectivity index (χ0) is 44.5. The zero-order valence-electron chi connectivity index (χ0n) is 41.3. The molecule has 0 radical (unpaired) electrons. The maximum absolute atomic E-state index is 13.2. The highest BCUT2D eigenvalue weighted by molar-refractivity contribution is 5.77. The minimum Gasteiger partial charge on any atom is -0.462 e. The average Bonchev–Trinajstić information content (AvgIpc) is 3.25. The first-order valence-corrected chi connectivity index (χ1v) is 27.4. The molecule has 6 nitrogen and oxygen atoms in total. The summed E-state index contributed by atoms with van der Waals surface area (Å²) < 4.78 is 5.94. The van der Waals surface area contributed by atoms with E-state index < -0.39 is 18.2 Å². The van der Waals surface area contributed by atoms with Crippen molar-refractivity contribution in [2.45, 2.75) is 322 Å². The second kappa shape index (κ2) is 49.6. The topological polar surface area (TPSA) is 95.9 Å². The van der Waals surface area contributed by atoms with Crippen LogP contribution in [-0.4, -0.2) is 46.9 Å². The van der Waals surface area contributed by atoms with Crippen molar-refractivity contribution in [3.63, 3.8) is 0 Å². The van der Waals surface area contributed by atoms with Crippen LogP contribution in [0.3, 0.4) is 0 Å². The molecule has 0 spiro atoms. The number of allylic oxidation sites excluding steroid dienone is 2. The number of ether oxygens (including phenoxy) is 1. The molecule has 0 aliphatic rings. The van der Waals surface area contributed by atoms with Gasteiger partial charge < -0.3 is 20.3 Å². The molecule has 0 heterocycles. The van der Waals surface area contributed by atoms with E-state index in [1.54, 1.807) is 0 Å². The molecule has 0 aromatic carbocycles. The molecule has 362 valence electrons. The SMILES string of the molecule is CCCCCC/C=C\CCCCCCCC(CC(=O)NC(CO)C(O)CCCCCCCCCCCCCCCCCC)OC(=O)CCCCCCCCCCCCCCC. The number of nitrogens with one attached hydrogen (secondary N) is 1. The number of unbranched alkanes of at least 4 members (excludes halogenated alkanes) is 36. The first-order valence-electron chi connectivity index (χ1n) is 27.4. The summed E-state index contributed by atoms with van der Waals surface area (Å²) in [5.41, 5.74) is 0. The highest BCUT2D eigenvalue weighted by Crippen LogP contribution is 2.19. The molecule has 3 atom stereocenters. The van der Waals surface area contributed by atoms with Crippen LogP contribution in [0, 0.1) is 0 Å². The molecule has 0 aliphatic heterocycles. The Morgan fingerprint density at radius 3 is 1.18 bits per heavy atom. The van der Waals surface area contributed by atoms with Crippen LogP contribution < -0.4 is 5.32 Å². The van der Waals surface area contributed by atoms with Crippen LogP contribution in [0.25, 0.3) is 0 Å². The number of carbonyl (C=O) groups is 2. The van der Waals surface area contributed by atoms with Crippen LogP contribution in [-0.2, 0) is 14.3 Å². The first kappa shape index (κ1) is 59.6. The summed E-state index contributed by atoms with van der Waals surface area (Å²) in [5, 5.41) is 23.8. The molecule has 0 aromatic rings. The molecule has 3 unspecified atom stereocenters. The van der Waals surface area contributed by atoms with Gasteiger partial charge in [-0.25, -0.2) is 0 Å². The first-order chi connectivity index (χ1) is 30.0. The molecule has 0 aliphatic carbocycles. The number of rotatable bonds is 50. The summed E-state index contributed by atoms with van der Waals surface area (Å²) in [5.74, 6) is -0.463. The van der Waals surface area contributed by atoms with Gasteiger partial charge in [0.05, 0.1) is 25.2 Å². The van der Waals surface area contributed by atoms with Crippen molar-refractivity contribution in [2.24, 2.45) is 0 Å². The van der Waals surface area contributed by atoms with Gasteiger partial charge in [-0.2, -0.15) is 0 Å². The molecule has 1 amide bonds. The van der Waals surface area contributed by atoms with E-state index >= 15 is 0 Å². The molecule has 3 N–H and O–H groups in total. The van der Waals surface area contributed by atoms with Gasteiger partial charge in [0.25, 0.3) is 0 Å². The van der Waals surface area contributed by atoms with Gasteiger partial charge in [-0.05, 0) is 51.4 Å². The van der Waals surface area contributed by atoms with Crippen molar-refractivity contribution in [1.82, 2.24) is 5.32 Å². The number of aliphatic hydroxyl groups excluding tert-OH is 2. The highest BCUT2D eigenvalue weighted by Gasteiger charge is 2.24. The minimum absolute atomic E-state index is 0.0790. The molecule has 0 saturated carbocycles. The standard InChI is InChI=1S/C55H107NO5/c1-4-7-10-13-16-19-22-25-26-27-30-32-35-38-41-44-47-53(58)52(50-57)56-54(59)49-51(46-43-40-37-34-31-28-23-20-17-14-11-8-5-2)61-55(60)48-45-42-39-36-33-29-24-21-18-15-12-9-6-3/h20,23,51-53,57-58H,4-19,21-22,24-50H2,1-3H3,(H,56,59)/b23-20-. The van der Waals surface area contributed by atoms with Crippen molar-refractivity contribution in [2.75, 3.05) is 6.61 Å². The van der Waals surface area contributed by atoms with Gasteiger partial charge in [0.15, 0.2) is 0 Å². The number of hydrogen-bond acceptors (Lipinski definition) is 5. The lowest BCUT2D eigenvalue weighted by atomic mass is 10.0. The zero-order valence-corrected chi connectivity index (χ0v) is 41.3. The molecule has 61 heavy (non-hydrogen) atoms. The van der Waals surface area contributed by atoms with Crippen molar-refractivity contribution in [3.8, 4) is 0 Å². The van der Waals surface area contributed by atoms with Crippen LogP contribution in [0.1, 0.15) is 303 Å². The maximum atomic E-state index is 13.2. The molecular weight excluding hydrogens is 755 g/mol. The van der Waals surface area contributed by atoms with Crippen molar-refractivity contribution < 1.29 is 24.5 Å².